The molecule has 0 aliphatic heterocycles. The van der Waals surface area contributed by atoms with E-state index >= 15 is 0 Å². The normalized spacial score (nSPS) is 12.3. The van der Waals surface area contributed by atoms with Gasteiger partial charge in [0.2, 0.25) is 0 Å². The maximum Gasteiger partial charge on any atom is 0.344 e. The Morgan fingerprint density at radius 3 is 2.54 bits per heavy atom. The quantitative estimate of drug-likeness (QED) is 0.686. The fraction of sp³-hybridized carbons (Fsp3) is 0.300. The Labute approximate surface area is 151 Å². The Bertz CT molecular complexity index is 944. The smallest absolute Gasteiger partial charge is 0.344 e. The van der Waals surface area contributed by atoms with Crippen molar-refractivity contribution in [2.75, 3.05) is 6.61 Å². The number of esters is 1. The number of amides is 1. The van der Waals surface area contributed by atoms with Crippen molar-refractivity contribution >= 4 is 33.8 Å². The lowest BCUT2D eigenvalue weighted by Gasteiger charge is -2.15. The molecule has 3 rings (SSSR count). The first-order chi connectivity index (χ1) is 12.4. The average molecular weight is 355 g/mol. The first-order valence-electron chi connectivity index (χ1n) is 8.48. The SMILES string of the molecule is CC(C)NC(=O)C(C)OC(=O)COc1ccc2oc3ccccc3c2c1. The summed E-state index contributed by atoms with van der Waals surface area (Å²) < 4.78 is 16.3. The van der Waals surface area contributed by atoms with E-state index in [1.807, 2.05) is 44.2 Å². The van der Waals surface area contributed by atoms with Gasteiger partial charge in [-0.3, -0.25) is 4.79 Å². The lowest BCUT2D eigenvalue weighted by molar-refractivity contribution is -0.156. The molecule has 1 N–H and O–H groups in total. The van der Waals surface area contributed by atoms with Crippen molar-refractivity contribution in [2.24, 2.45) is 0 Å². The van der Waals surface area contributed by atoms with Gasteiger partial charge in [0.15, 0.2) is 12.7 Å². The zero-order chi connectivity index (χ0) is 18.7. The summed E-state index contributed by atoms with van der Waals surface area (Å²) in [6.45, 7) is 4.93. The third kappa shape index (κ3) is 3.96. The van der Waals surface area contributed by atoms with Gasteiger partial charge in [-0.05, 0) is 45.0 Å². The van der Waals surface area contributed by atoms with Gasteiger partial charge in [0, 0.05) is 16.8 Å². The molecule has 3 aromatic rings. The molecule has 2 aromatic carbocycles. The predicted molar refractivity (Wildman–Crippen MR) is 98.0 cm³/mol. The van der Waals surface area contributed by atoms with E-state index in [4.69, 9.17) is 13.9 Å². The largest absolute Gasteiger partial charge is 0.482 e. The summed E-state index contributed by atoms with van der Waals surface area (Å²) in [5.41, 5.74) is 1.55. The van der Waals surface area contributed by atoms with Crippen molar-refractivity contribution in [2.45, 2.75) is 32.9 Å². The third-order valence-corrected chi connectivity index (χ3v) is 3.81. The summed E-state index contributed by atoms with van der Waals surface area (Å²) in [7, 11) is 0. The lowest BCUT2D eigenvalue weighted by atomic mass is 10.1. The molecule has 1 amide bonds. The Morgan fingerprint density at radius 2 is 1.77 bits per heavy atom. The monoisotopic (exact) mass is 355 g/mol. The van der Waals surface area contributed by atoms with Crippen LogP contribution in [-0.4, -0.2) is 30.6 Å². The maximum absolute atomic E-state index is 11.9. The lowest BCUT2D eigenvalue weighted by Crippen LogP contribution is -2.40. The molecule has 0 aliphatic rings. The molecule has 0 aliphatic carbocycles. The van der Waals surface area contributed by atoms with Gasteiger partial charge < -0.3 is 19.2 Å². The van der Waals surface area contributed by atoms with Crippen LogP contribution in [0.2, 0.25) is 0 Å². The minimum Gasteiger partial charge on any atom is -0.482 e. The molecule has 6 nitrogen and oxygen atoms in total. The van der Waals surface area contributed by atoms with Gasteiger partial charge in [-0.2, -0.15) is 0 Å². The van der Waals surface area contributed by atoms with E-state index in [1.54, 1.807) is 12.1 Å². The van der Waals surface area contributed by atoms with E-state index in [2.05, 4.69) is 5.32 Å². The Hall–Kier alpha value is -3.02. The van der Waals surface area contributed by atoms with Crippen LogP contribution < -0.4 is 10.1 Å². The second kappa shape index (κ2) is 7.47. The molecule has 136 valence electrons. The first kappa shape index (κ1) is 17.8. The summed E-state index contributed by atoms with van der Waals surface area (Å²) in [6, 6.07) is 13.0. The van der Waals surface area contributed by atoms with Gasteiger partial charge in [-0.25, -0.2) is 4.79 Å². The van der Waals surface area contributed by atoms with Crippen LogP contribution in [0.15, 0.2) is 46.9 Å². The summed E-state index contributed by atoms with van der Waals surface area (Å²) >= 11 is 0. The minimum atomic E-state index is -0.867. The van der Waals surface area contributed by atoms with E-state index in [1.165, 1.54) is 6.92 Å². The molecule has 1 atom stereocenters. The number of hydrogen-bond donors (Lipinski definition) is 1. The predicted octanol–water partition coefficient (Wildman–Crippen LogP) is 3.42. The summed E-state index contributed by atoms with van der Waals surface area (Å²) in [6.07, 6.45) is -0.867. The number of nitrogens with one attached hydrogen (secondary N) is 1. The van der Waals surface area contributed by atoms with Crippen LogP contribution in [0.3, 0.4) is 0 Å². The molecule has 0 saturated heterocycles. The van der Waals surface area contributed by atoms with Crippen LogP contribution in [-0.2, 0) is 14.3 Å². The third-order valence-electron chi connectivity index (χ3n) is 3.81. The van der Waals surface area contributed by atoms with Crippen molar-refractivity contribution in [1.29, 1.82) is 0 Å². The van der Waals surface area contributed by atoms with Crippen molar-refractivity contribution in [1.82, 2.24) is 5.32 Å². The van der Waals surface area contributed by atoms with Crippen LogP contribution in [0, 0.1) is 0 Å². The van der Waals surface area contributed by atoms with Crippen LogP contribution in [0.1, 0.15) is 20.8 Å². The Kier molecular flexibility index (Phi) is 5.11. The van der Waals surface area contributed by atoms with Crippen LogP contribution >= 0.6 is 0 Å². The minimum absolute atomic E-state index is 0.0172. The van der Waals surface area contributed by atoms with Crippen molar-refractivity contribution in [3.8, 4) is 5.75 Å². The highest BCUT2D eigenvalue weighted by molar-refractivity contribution is 6.05. The highest BCUT2D eigenvalue weighted by Crippen LogP contribution is 2.31. The number of benzene rings is 2. The second-order valence-electron chi connectivity index (χ2n) is 6.34. The molecule has 0 fully saturated rings. The van der Waals surface area contributed by atoms with Gasteiger partial charge in [-0.15, -0.1) is 0 Å². The molecule has 0 radical (unpaired) electrons. The number of fused-ring (bicyclic) bond motifs is 3. The van der Waals surface area contributed by atoms with E-state index < -0.39 is 12.1 Å². The number of carbonyl (C=O) groups is 2. The van der Waals surface area contributed by atoms with E-state index in [0.717, 1.165) is 21.9 Å². The summed E-state index contributed by atoms with van der Waals surface area (Å²) in [5, 5.41) is 4.58. The van der Waals surface area contributed by atoms with Crippen molar-refractivity contribution in [3.05, 3.63) is 42.5 Å². The fourth-order valence-electron chi connectivity index (χ4n) is 2.62. The molecule has 0 bridgehead atoms. The molecule has 0 spiro atoms. The van der Waals surface area contributed by atoms with Crippen LogP contribution in [0.5, 0.6) is 5.75 Å². The first-order valence-corrected chi connectivity index (χ1v) is 8.48. The molecular formula is C20H21NO5. The molecular weight excluding hydrogens is 334 g/mol. The zero-order valence-corrected chi connectivity index (χ0v) is 14.9. The van der Waals surface area contributed by atoms with Gasteiger partial charge in [0.05, 0.1) is 0 Å². The van der Waals surface area contributed by atoms with Gasteiger partial charge in [-0.1, -0.05) is 18.2 Å². The topological polar surface area (TPSA) is 77.8 Å². The van der Waals surface area contributed by atoms with Gasteiger partial charge >= 0.3 is 5.97 Å². The Morgan fingerprint density at radius 1 is 1.04 bits per heavy atom. The average Bonchev–Trinajstić information content (AvgIpc) is 2.97. The van der Waals surface area contributed by atoms with E-state index in [9.17, 15) is 9.59 Å². The molecule has 1 aromatic heterocycles. The number of rotatable bonds is 6. The summed E-state index contributed by atoms with van der Waals surface area (Å²) in [5.74, 6) is -0.409. The zero-order valence-electron chi connectivity index (χ0n) is 14.9. The summed E-state index contributed by atoms with van der Waals surface area (Å²) in [4.78, 5) is 23.7. The highest BCUT2D eigenvalue weighted by atomic mass is 16.6. The molecule has 1 heterocycles. The number of furan rings is 1. The van der Waals surface area contributed by atoms with Gasteiger partial charge in [0.1, 0.15) is 16.9 Å². The number of para-hydroxylation sites is 1. The number of carbonyl (C=O) groups excluding carboxylic acids is 2. The van der Waals surface area contributed by atoms with E-state index in [0.29, 0.717) is 5.75 Å². The fourth-order valence-corrected chi connectivity index (χ4v) is 2.62. The Balaban J connectivity index is 1.63. The highest BCUT2D eigenvalue weighted by Gasteiger charge is 2.18. The number of ether oxygens (including phenoxy) is 2. The van der Waals surface area contributed by atoms with Crippen molar-refractivity contribution in [3.63, 3.8) is 0 Å². The molecule has 26 heavy (non-hydrogen) atoms. The molecule has 6 heteroatoms. The van der Waals surface area contributed by atoms with Crippen molar-refractivity contribution < 1.29 is 23.5 Å². The maximum atomic E-state index is 11.9. The van der Waals surface area contributed by atoms with Crippen LogP contribution in [0.25, 0.3) is 21.9 Å². The second-order valence-corrected chi connectivity index (χ2v) is 6.34. The van der Waals surface area contributed by atoms with Gasteiger partial charge in [0.25, 0.3) is 5.91 Å². The standard InChI is InChI=1S/C20H21NO5/c1-12(2)21-20(23)13(3)25-19(22)11-24-14-8-9-18-16(10-14)15-6-4-5-7-17(15)26-18/h4-10,12-13H,11H2,1-3H3,(H,21,23). The molecule has 0 saturated carbocycles. The number of hydrogen-bond acceptors (Lipinski definition) is 5. The van der Waals surface area contributed by atoms with E-state index in [-0.39, 0.29) is 18.6 Å². The van der Waals surface area contributed by atoms with Crippen LogP contribution in [0.4, 0.5) is 0 Å². The molecule has 1 unspecified atom stereocenters.